The highest BCUT2D eigenvalue weighted by atomic mass is 19.4. The lowest BCUT2D eigenvalue weighted by atomic mass is 9.89. The highest BCUT2D eigenvalue weighted by molar-refractivity contribution is 5.92. The highest BCUT2D eigenvalue weighted by Crippen LogP contribution is 2.57. The smallest absolute Gasteiger partial charge is 0.412 e. The Morgan fingerprint density at radius 3 is 2.29 bits per heavy atom. The van der Waals surface area contributed by atoms with Gasteiger partial charge in [0, 0.05) is 22.9 Å². The van der Waals surface area contributed by atoms with Gasteiger partial charge in [-0.25, -0.2) is 4.39 Å². The van der Waals surface area contributed by atoms with Crippen LogP contribution in [0.2, 0.25) is 0 Å². The third kappa shape index (κ3) is 3.14. The zero-order valence-electron chi connectivity index (χ0n) is 16.3. The average molecular weight is 440 g/mol. The lowest BCUT2D eigenvalue weighted by Gasteiger charge is -2.28. The van der Waals surface area contributed by atoms with Crippen LogP contribution < -0.4 is 0 Å². The first kappa shape index (κ1) is 22.9. The van der Waals surface area contributed by atoms with E-state index in [1.807, 2.05) is 0 Å². The van der Waals surface area contributed by atoms with Crippen molar-refractivity contribution in [3.8, 4) is 22.3 Å². The van der Waals surface area contributed by atoms with E-state index < -0.39 is 41.9 Å². The monoisotopic (exact) mass is 440 g/mol. The lowest BCUT2D eigenvalue weighted by molar-refractivity contribution is -0.246. The standard InChI is InChI=1S/C21H18F4N2O3.H2O/c1-19(10-28,11-29)27-9-12(8-26-27)15-6-13(22)7-17-18(15)14-4-2-3-5-16(14)20(17,30)21(23,24)25;/h2-9,28-30H,10-11H2,1H3;1H2/t20-;/m1./s1. The second-order valence-corrected chi connectivity index (χ2v) is 7.62. The minimum absolute atomic E-state index is 0. The van der Waals surface area contributed by atoms with Gasteiger partial charge in [0.15, 0.2) is 0 Å². The first-order valence-electron chi connectivity index (χ1n) is 9.07. The van der Waals surface area contributed by atoms with E-state index in [0.717, 1.165) is 6.07 Å². The number of aliphatic hydroxyl groups is 3. The Balaban J connectivity index is 0.00000272. The maximum atomic E-state index is 14.5. The predicted octanol–water partition coefficient (Wildman–Crippen LogP) is 2.34. The SMILES string of the molecule is CC(CO)(CO)n1cc(-c2cc(F)cc3c2-c2ccccc2[C@]3(O)C(F)(F)F)cn1.O. The van der Waals surface area contributed by atoms with E-state index in [1.165, 1.54) is 48.3 Å². The predicted molar refractivity (Wildman–Crippen MR) is 104 cm³/mol. The Bertz CT molecular complexity index is 1120. The summed E-state index contributed by atoms with van der Waals surface area (Å²) in [7, 11) is 0. The molecule has 0 aliphatic heterocycles. The molecule has 0 saturated heterocycles. The molecule has 0 amide bonds. The van der Waals surface area contributed by atoms with Crippen LogP contribution in [0, 0.1) is 5.82 Å². The van der Waals surface area contributed by atoms with Crippen LogP contribution >= 0.6 is 0 Å². The van der Waals surface area contributed by atoms with Gasteiger partial charge >= 0.3 is 6.18 Å². The summed E-state index contributed by atoms with van der Waals surface area (Å²) < 4.78 is 57.7. The maximum Gasteiger partial charge on any atom is 0.425 e. The summed E-state index contributed by atoms with van der Waals surface area (Å²) in [6, 6.07) is 7.30. The van der Waals surface area contributed by atoms with Gasteiger partial charge in [0.1, 0.15) is 11.4 Å². The van der Waals surface area contributed by atoms with E-state index in [2.05, 4.69) is 5.10 Å². The fourth-order valence-electron chi connectivity index (χ4n) is 3.83. The molecule has 10 heteroatoms. The molecular formula is C21H20F4N2O4. The molecule has 1 aliphatic rings. The number of fused-ring (bicyclic) bond motifs is 3. The third-order valence-electron chi connectivity index (χ3n) is 5.62. The van der Waals surface area contributed by atoms with E-state index in [1.54, 1.807) is 0 Å². The second kappa shape index (κ2) is 7.41. The van der Waals surface area contributed by atoms with Crippen LogP contribution in [0.4, 0.5) is 17.6 Å². The van der Waals surface area contributed by atoms with Crippen LogP contribution in [0.5, 0.6) is 0 Å². The molecule has 0 spiro atoms. The summed E-state index contributed by atoms with van der Waals surface area (Å²) in [5.74, 6) is -0.945. The summed E-state index contributed by atoms with van der Waals surface area (Å²) >= 11 is 0. The summed E-state index contributed by atoms with van der Waals surface area (Å²) in [5.41, 5.74) is -4.88. The first-order chi connectivity index (χ1) is 14.1. The molecule has 3 aromatic rings. The van der Waals surface area contributed by atoms with E-state index >= 15 is 0 Å². The summed E-state index contributed by atoms with van der Waals surface area (Å²) in [6.07, 6.45) is -2.35. The summed E-state index contributed by atoms with van der Waals surface area (Å²) in [5, 5.41) is 34.0. The Morgan fingerprint density at radius 2 is 1.68 bits per heavy atom. The van der Waals surface area contributed by atoms with Gasteiger partial charge in [-0.1, -0.05) is 24.3 Å². The van der Waals surface area contributed by atoms with Crippen molar-refractivity contribution in [1.29, 1.82) is 0 Å². The van der Waals surface area contributed by atoms with Crippen molar-refractivity contribution < 1.29 is 38.4 Å². The molecule has 6 nitrogen and oxygen atoms in total. The van der Waals surface area contributed by atoms with E-state index in [4.69, 9.17) is 0 Å². The molecule has 1 atom stereocenters. The minimum atomic E-state index is -5.07. The van der Waals surface area contributed by atoms with Gasteiger partial charge in [-0.15, -0.1) is 0 Å². The van der Waals surface area contributed by atoms with Crippen LogP contribution in [-0.4, -0.2) is 50.0 Å². The number of halogens is 4. The molecule has 31 heavy (non-hydrogen) atoms. The zero-order chi connectivity index (χ0) is 21.9. The van der Waals surface area contributed by atoms with Crippen molar-refractivity contribution in [1.82, 2.24) is 9.78 Å². The molecule has 1 aromatic heterocycles. The van der Waals surface area contributed by atoms with Gasteiger partial charge in [0.2, 0.25) is 5.60 Å². The van der Waals surface area contributed by atoms with Crippen molar-refractivity contribution >= 4 is 0 Å². The fourth-order valence-corrected chi connectivity index (χ4v) is 3.83. The van der Waals surface area contributed by atoms with Crippen molar-refractivity contribution in [3.05, 3.63) is 65.7 Å². The molecule has 1 heterocycles. The molecule has 2 aromatic carbocycles. The van der Waals surface area contributed by atoms with Gasteiger partial charge in [-0.3, -0.25) is 4.68 Å². The largest absolute Gasteiger partial charge is 0.425 e. The van der Waals surface area contributed by atoms with Gasteiger partial charge in [0.05, 0.1) is 19.4 Å². The number of aliphatic hydroxyl groups excluding tert-OH is 2. The average Bonchev–Trinajstić information content (AvgIpc) is 3.30. The van der Waals surface area contributed by atoms with Gasteiger partial charge < -0.3 is 20.8 Å². The molecular weight excluding hydrogens is 420 g/mol. The van der Waals surface area contributed by atoms with Crippen molar-refractivity contribution in [2.24, 2.45) is 0 Å². The maximum absolute atomic E-state index is 14.5. The number of alkyl halides is 3. The molecule has 1 aliphatic carbocycles. The van der Waals surface area contributed by atoms with Gasteiger partial charge in [-0.05, 0) is 35.7 Å². The van der Waals surface area contributed by atoms with Crippen LogP contribution in [0.25, 0.3) is 22.3 Å². The number of aromatic nitrogens is 2. The van der Waals surface area contributed by atoms with Crippen molar-refractivity contribution in [2.45, 2.75) is 24.2 Å². The Labute approximate surface area is 174 Å². The minimum Gasteiger partial charge on any atom is -0.412 e. The second-order valence-electron chi connectivity index (χ2n) is 7.62. The Hall–Kier alpha value is -2.79. The van der Waals surface area contributed by atoms with Crippen LogP contribution in [0.3, 0.4) is 0 Å². The van der Waals surface area contributed by atoms with Crippen LogP contribution in [0.1, 0.15) is 18.1 Å². The zero-order valence-corrected chi connectivity index (χ0v) is 16.3. The molecule has 0 radical (unpaired) electrons. The number of benzene rings is 2. The number of rotatable bonds is 4. The molecule has 4 rings (SSSR count). The molecule has 0 saturated carbocycles. The Kier molecular flexibility index (Phi) is 5.47. The molecule has 0 fully saturated rings. The molecule has 166 valence electrons. The quantitative estimate of drug-likeness (QED) is 0.541. The Morgan fingerprint density at radius 1 is 1.03 bits per heavy atom. The third-order valence-corrected chi connectivity index (χ3v) is 5.62. The summed E-state index contributed by atoms with van der Waals surface area (Å²) in [6.45, 7) is 0.655. The molecule has 0 bridgehead atoms. The van der Waals surface area contributed by atoms with Crippen molar-refractivity contribution in [3.63, 3.8) is 0 Å². The normalized spacial score (nSPS) is 17.8. The van der Waals surface area contributed by atoms with Gasteiger partial charge in [0.25, 0.3) is 0 Å². The molecule has 0 unspecified atom stereocenters. The van der Waals surface area contributed by atoms with E-state index in [9.17, 15) is 32.9 Å². The number of nitrogens with zero attached hydrogens (tertiary/aromatic N) is 2. The van der Waals surface area contributed by atoms with Crippen LogP contribution in [-0.2, 0) is 11.1 Å². The van der Waals surface area contributed by atoms with Crippen LogP contribution in [0.15, 0.2) is 48.8 Å². The number of hydrogen-bond acceptors (Lipinski definition) is 4. The topological polar surface area (TPSA) is 110 Å². The van der Waals surface area contributed by atoms with Gasteiger partial charge in [-0.2, -0.15) is 18.3 Å². The van der Waals surface area contributed by atoms with E-state index in [0.29, 0.717) is 6.07 Å². The first-order valence-corrected chi connectivity index (χ1v) is 9.07. The molecule has 5 N–H and O–H groups in total. The fraction of sp³-hybridized carbons (Fsp3) is 0.286. The summed E-state index contributed by atoms with van der Waals surface area (Å²) in [4.78, 5) is 0. The number of hydrogen-bond donors (Lipinski definition) is 3. The highest BCUT2D eigenvalue weighted by Gasteiger charge is 2.61. The van der Waals surface area contributed by atoms with E-state index in [-0.39, 0.29) is 33.3 Å². The lowest BCUT2D eigenvalue weighted by Crippen LogP contribution is -2.41. The van der Waals surface area contributed by atoms with Crippen molar-refractivity contribution in [2.75, 3.05) is 13.2 Å².